The maximum Gasteiger partial charge on any atom is 0.241 e. The van der Waals surface area contributed by atoms with Crippen LogP contribution in [0.1, 0.15) is 25.8 Å². The minimum atomic E-state index is -0.801. The van der Waals surface area contributed by atoms with Gasteiger partial charge in [0.25, 0.3) is 0 Å². The van der Waals surface area contributed by atoms with Gasteiger partial charge < -0.3 is 20.1 Å². The van der Waals surface area contributed by atoms with Gasteiger partial charge in [0, 0.05) is 6.54 Å². The molecule has 0 saturated carbocycles. The second-order valence-corrected chi connectivity index (χ2v) is 7.52. The SMILES string of the molecule is CCC(C)C1NC(=O)C(SCC(=O)NCc2ccc3c(c2)OCO3)C1=O. The van der Waals surface area contributed by atoms with Crippen LogP contribution in [-0.2, 0) is 20.9 Å². The molecule has 2 N–H and O–H groups in total. The van der Waals surface area contributed by atoms with E-state index in [1.54, 1.807) is 6.07 Å². The molecule has 7 nitrogen and oxygen atoms in total. The number of hydrogen-bond acceptors (Lipinski definition) is 6. The van der Waals surface area contributed by atoms with E-state index in [0.29, 0.717) is 18.0 Å². The Balaban J connectivity index is 1.47. The first-order valence-corrected chi connectivity index (χ1v) is 9.65. The molecule has 1 saturated heterocycles. The number of benzene rings is 1. The average Bonchev–Trinajstić information content (AvgIpc) is 3.21. The normalized spacial score (nSPS) is 22.2. The second kappa shape index (κ2) is 7.99. The molecule has 2 heterocycles. The largest absolute Gasteiger partial charge is 0.454 e. The number of fused-ring (bicyclic) bond motifs is 1. The highest BCUT2D eigenvalue weighted by Crippen LogP contribution is 2.32. The predicted octanol–water partition coefficient (Wildman–Crippen LogP) is 1.25. The molecule has 26 heavy (non-hydrogen) atoms. The minimum Gasteiger partial charge on any atom is -0.454 e. The number of rotatable bonds is 7. The van der Waals surface area contributed by atoms with Gasteiger partial charge in [-0.1, -0.05) is 26.3 Å². The molecule has 1 fully saturated rings. The molecule has 0 bridgehead atoms. The summed E-state index contributed by atoms with van der Waals surface area (Å²) in [5.74, 6) is 0.860. The number of hydrogen-bond donors (Lipinski definition) is 2. The molecule has 0 spiro atoms. The fourth-order valence-electron chi connectivity index (χ4n) is 2.87. The summed E-state index contributed by atoms with van der Waals surface area (Å²) in [5, 5.41) is 4.73. The molecule has 3 atom stereocenters. The molecule has 2 aliphatic heterocycles. The Morgan fingerprint density at radius 1 is 1.35 bits per heavy atom. The van der Waals surface area contributed by atoms with Gasteiger partial charge in [-0.2, -0.15) is 0 Å². The smallest absolute Gasteiger partial charge is 0.241 e. The molecule has 2 aliphatic rings. The molecule has 3 rings (SSSR count). The number of ether oxygens (including phenoxy) is 2. The summed E-state index contributed by atoms with van der Waals surface area (Å²) < 4.78 is 10.5. The molecule has 1 aromatic carbocycles. The van der Waals surface area contributed by atoms with Crippen LogP contribution in [0.3, 0.4) is 0 Å². The number of ketones is 1. The molecule has 0 aliphatic carbocycles. The third-order valence-electron chi connectivity index (χ3n) is 4.62. The van der Waals surface area contributed by atoms with Gasteiger partial charge in [0.05, 0.1) is 11.8 Å². The Morgan fingerprint density at radius 3 is 2.88 bits per heavy atom. The number of nitrogens with one attached hydrogen (secondary N) is 2. The zero-order chi connectivity index (χ0) is 18.7. The highest BCUT2D eigenvalue weighted by atomic mass is 32.2. The summed E-state index contributed by atoms with van der Waals surface area (Å²) in [4.78, 5) is 36.4. The van der Waals surface area contributed by atoms with Crippen LogP contribution in [-0.4, -0.2) is 41.4 Å². The topological polar surface area (TPSA) is 93.7 Å². The van der Waals surface area contributed by atoms with E-state index in [9.17, 15) is 14.4 Å². The quantitative estimate of drug-likeness (QED) is 0.694. The zero-order valence-corrected chi connectivity index (χ0v) is 15.6. The highest BCUT2D eigenvalue weighted by molar-refractivity contribution is 8.02. The summed E-state index contributed by atoms with van der Waals surface area (Å²) in [7, 11) is 0. The van der Waals surface area contributed by atoms with E-state index in [2.05, 4.69) is 10.6 Å². The van der Waals surface area contributed by atoms with Crippen molar-refractivity contribution in [1.82, 2.24) is 10.6 Å². The van der Waals surface area contributed by atoms with Crippen LogP contribution in [0, 0.1) is 5.92 Å². The zero-order valence-electron chi connectivity index (χ0n) is 14.7. The van der Waals surface area contributed by atoms with E-state index in [1.807, 2.05) is 26.0 Å². The van der Waals surface area contributed by atoms with Crippen LogP contribution in [0.15, 0.2) is 18.2 Å². The van der Waals surface area contributed by atoms with E-state index >= 15 is 0 Å². The van der Waals surface area contributed by atoms with Crippen molar-refractivity contribution in [1.29, 1.82) is 0 Å². The Hall–Kier alpha value is -2.22. The van der Waals surface area contributed by atoms with Crippen LogP contribution in [0.5, 0.6) is 11.5 Å². The van der Waals surface area contributed by atoms with Crippen molar-refractivity contribution in [2.75, 3.05) is 12.5 Å². The van der Waals surface area contributed by atoms with Gasteiger partial charge in [-0.25, -0.2) is 0 Å². The van der Waals surface area contributed by atoms with Gasteiger partial charge in [0.15, 0.2) is 17.3 Å². The van der Waals surface area contributed by atoms with Crippen LogP contribution in [0.4, 0.5) is 0 Å². The molecule has 0 aromatic heterocycles. The lowest BCUT2D eigenvalue weighted by atomic mass is 9.97. The van der Waals surface area contributed by atoms with Crippen LogP contribution in [0.2, 0.25) is 0 Å². The van der Waals surface area contributed by atoms with E-state index in [-0.39, 0.29) is 36.1 Å². The van der Waals surface area contributed by atoms with Gasteiger partial charge in [0.2, 0.25) is 18.6 Å². The van der Waals surface area contributed by atoms with Crippen molar-refractivity contribution in [2.45, 2.75) is 38.1 Å². The fraction of sp³-hybridized carbons (Fsp3) is 0.500. The maximum absolute atomic E-state index is 12.4. The summed E-state index contributed by atoms with van der Waals surface area (Å²) in [6.45, 7) is 4.47. The van der Waals surface area contributed by atoms with Gasteiger partial charge in [-0.3, -0.25) is 14.4 Å². The fourth-order valence-corrected chi connectivity index (χ4v) is 3.82. The van der Waals surface area contributed by atoms with Gasteiger partial charge in [0.1, 0.15) is 5.25 Å². The van der Waals surface area contributed by atoms with Gasteiger partial charge in [-0.15, -0.1) is 11.8 Å². The van der Waals surface area contributed by atoms with Crippen molar-refractivity contribution >= 4 is 29.4 Å². The Labute approximate surface area is 156 Å². The van der Waals surface area contributed by atoms with Crippen molar-refractivity contribution in [3.05, 3.63) is 23.8 Å². The molecule has 2 amide bonds. The lowest BCUT2D eigenvalue weighted by Gasteiger charge is -2.15. The third-order valence-corrected chi connectivity index (χ3v) is 5.83. The summed E-state index contributed by atoms with van der Waals surface area (Å²) >= 11 is 1.08. The summed E-state index contributed by atoms with van der Waals surface area (Å²) in [6.07, 6.45) is 0.810. The number of amides is 2. The molecule has 3 unspecified atom stereocenters. The van der Waals surface area contributed by atoms with E-state index in [4.69, 9.17) is 9.47 Å². The molecular formula is C18H22N2O5S. The van der Waals surface area contributed by atoms with Crippen LogP contribution < -0.4 is 20.1 Å². The van der Waals surface area contributed by atoms with E-state index < -0.39 is 11.3 Å². The Morgan fingerprint density at radius 2 is 2.12 bits per heavy atom. The first-order valence-electron chi connectivity index (χ1n) is 8.60. The molecule has 0 radical (unpaired) electrons. The van der Waals surface area contributed by atoms with E-state index in [1.165, 1.54) is 0 Å². The average molecular weight is 378 g/mol. The van der Waals surface area contributed by atoms with Gasteiger partial charge >= 0.3 is 0 Å². The Bertz CT molecular complexity index is 724. The number of carbonyl (C=O) groups excluding carboxylic acids is 3. The summed E-state index contributed by atoms with van der Waals surface area (Å²) in [6, 6.07) is 5.03. The summed E-state index contributed by atoms with van der Waals surface area (Å²) in [5.41, 5.74) is 0.888. The number of thioether (sulfide) groups is 1. The molecule has 1 aromatic rings. The van der Waals surface area contributed by atoms with Crippen molar-refractivity contribution in [3.8, 4) is 11.5 Å². The third kappa shape index (κ3) is 3.95. The monoisotopic (exact) mass is 378 g/mol. The molecule has 8 heteroatoms. The van der Waals surface area contributed by atoms with E-state index in [0.717, 1.165) is 23.7 Å². The maximum atomic E-state index is 12.4. The van der Waals surface area contributed by atoms with Crippen molar-refractivity contribution in [3.63, 3.8) is 0 Å². The standard InChI is InChI=1S/C18H22N2O5S/c1-3-10(2)15-16(22)17(18(23)20-15)26-8-14(21)19-7-11-4-5-12-13(6-11)25-9-24-12/h4-6,10,15,17H,3,7-9H2,1-2H3,(H,19,21)(H,20,23). The molecular weight excluding hydrogens is 356 g/mol. The van der Waals surface area contributed by atoms with Crippen LogP contribution >= 0.6 is 11.8 Å². The number of Topliss-reactive ketones (excluding diaryl/α,β-unsaturated/α-hetero) is 1. The predicted molar refractivity (Wildman–Crippen MR) is 97.1 cm³/mol. The van der Waals surface area contributed by atoms with Gasteiger partial charge in [-0.05, 0) is 23.6 Å². The first-order chi connectivity index (χ1) is 12.5. The minimum absolute atomic E-state index is 0.0571. The number of carbonyl (C=O) groups is 3. The molecule has 140 valence electrons. The van der Waals surface area contributed by atoms with Crippen molar-refractivity contribution in [2.24, 2.45) is 5.92 Å². The second-order valence-electron chi connectivity index (χ2n) is 6.43. The Kier molecular flexibility index (Phi) is 5.70. The lowest BCUT2D eigenvalue weighted by molar-refractivity contribution is -0.121. The highest BCUT2D eigenvalue weighted by Gasteiger charge is 2.43. The lowest BCUT2D eigenvalue weighted by Crippen LogP contribution is -2.35. The van der Waals surface area contributed by atoms with Crippen LogP contribution in [0.25, 0.3) is 0 Å². The first kappa shape index (κ1) is 18.6. The van der Waals surface area contributed by atoms with Crippen molar-refractivity contribution < 1.29 is 23.9 Å².